The summed E-state index contributed by atoms with van der Waals surface area (Å²) in [6.45, 7) is 3.78. The monoisotopic (exact) mass is 329 g/mol. The number of carbonyl (C=O) groups is 2. The molecule has 2 unspecified atom stereocenters. The highest BCUT2D eigenvalue weighted by Gasteiger charge is 2.25. The zero-order valence-corrected chi connectivity index (χ0v) is 13.9. The van der Waals surface area contributed by atoms with Gasteiger partial charge in [-0.2, -0.15) is 0 Å². The van der Waals surface area contributed by atoms with Crippen LogP contribution in [-0.2, 0) is 9.59 Å². The molecule has 2 rings (SSSR count). The SMILES string of the molecule is CC(=C/C(=O)O)/C=C/C1C(/C=C/c2nccs2)=CC(=O)CC1C. The van der Waals surface area contributed by atoms with Gasteiger partial charge >= 0.3 is 5.97 Å². The third-order valence-corrected chi connectivity index (χ3v) is 4.38. The summed E-state index contributed by atoms with van der Waals surface area (Å²) in [7, 11) is 0. The van der Waals surface area contributed by atoms with Crippen LogP contribution in [0.25, 0.3) is 6.08 Å². The topological polar surface area (TPSA) is 67.3 Å². The number of carboxylic acid groups (broad SMARTS) is 1. The fraction of sp³-hybridized carbons (Fsp3) is 0.278. The van der Waals surface area contributed by atoms with Crippen LogP contribution in [0.5, 0.6) is 0 Å². The lowest BCUT2D eigenvalue weighted by Gasteiger charge is -2.25. The van der Waals surface area contributed by atoms with E-state index in [2.05, 4.69) is 4.98 Å². The van der Waals surface area contributed by atoms with Gasteiger partial charge in [-0.05, 0) is 36.1 Å². The van der Waals surface area contributed by atoms with E-state index in [4.69, 9.17) is 5.11 Å². The highest BCUT2D eigenvalue weighted by Crippen LogP contribution is 2.31. The predicted molar refractivity (Wildman–Crippen MR) is 92.0 cm³/mol. The van der Waals surface area contributed by atoms with E-state index in [-0.39, 0.29) is 17.6 Å². The molecule has 0 amide bonds. The molecule has 23 heavy (non-hydrogen) atoms. The second-order valence-corrected chi connectivity index (χ2v) is 6.53. The Kier molecular flexibility index (Phi) is 5.82. The number of hydrogen-bond acceptors (Lipinski definition) is 4. The van der Waals surface area contributed by atoms with Crippen LogP contribution in [0.1, 0.15) is 25.3 Å². The van der Waals surface area contributed by atoms with Gasteiger partial charge in [0, 0.05) is 30.0 Å². The number of aliphatic carboxylic acids is 1. The fourth-order valence-electron chi connectivity index (χ4n) is 2.56. The van der Waals surface area contributed by atoms with Gasteiger partial charge < -0.3 is 5.11 Å². The number of allylic oxidation sites excluding steroid dienone is 6. The first-order chi connectivity index (χ1) is 11.0. The molecule has 1 aliphatic carbocycles. The Morgan fingerprint density at radius 2 is 2.22 bits per heavy atom. The molecule has 1 heterocycles. The number of thiazole rings is 1. The molecule has 1 aromatic heterocycles. The van der Waals surface area contributed by atoms with Crippen molar-refractivity contribution in [3.8, 4) is 0 Å². The van der Waals surface area contributed by atoms with Crippen LogP contribution in [-0.4, -0.2) is 21.8 Å². The van der Waals surface area contributed by atoms with Crippen molar-refractivity contribution in [3.63, 3.8) is 0 Å². The third kappa shape index (κ3) is 5.14. The Bertz CT molecular complexity index is 696. The molecular weight excluding hydrogens is 310 g/mol. The van der Waals surface area contributed by atoms with E-state index in [1.165, 1.54) is 17.4 Å². The van der Waals surface area contributed by atoms with Crippen molar-refractivity contribution >= 4 is 29.2 Å². The number of nitrogens with zero attached hydrogens (tertiary/aromatic N) is 1. The summed E-state index contributed by atoms with van der Waals surface area (Å²) in [5, 5.41) is 11.6. The molecule has 0 saturated carbocycles. The van der Waals surface area contributed by atoms with E-state index in [1.54, 1.807) is 25.3 Å². The van der Waals surface area contributed by atoms with Crippen molar-refractivity contribution in [2.45, 2.75) is 20.3 Å². The molecule has 0 aromatic carbocycles. The first-order valence-corrected chi connectivity index (χ1v) is 8.25. The lowest BCUT2D eigenvalue weighted by Crippen LogP contribution is -2.20. The van der Waals surface area contributed by atoms with Crippen molar-refractivity contribution < 1.29 is 14.7 Å². The van der Waals surface area contributed by atoms with Gasteiger partial charge in [0.2, 0.25) is 0 Å². The molecule has 0 aliphatic heterocycles. The average Bonchev–Trinajstić information content (AvgIpc) is 2.96. The first kappa shape index (κ1) is 17.1. The molecule has 1 aliphatic rings. The largest absolute Gasteiger partial charge is 0.478 e. The lowest BCUT2D eigenvalue weighted by atomic mass is 9.78. The maximum atomic E-state index is 11.8. The van der Waals surface area contributed by atoms with Gasteiger partial charge in [0.05, 0.1) is 0 Å². The average molecular weight is 329 g/mol. The zero-order valence-electron chi connectivity index (χ0n) is 13.1. The Hall–Kier alpha value is -2.27. The van der Waals surface area contributed by atoms with Gasteiger partial charge in [-0.15, -0.1) is 11.3 Å². The maximum absolute atomic E-state index is 11.8. The molecular formula is C18H19NO3S. The summed E-state index contributed by atoms with van der Waals surface area (Å²) in [4.78, 5) is 26.7. The summed E-state index contributed by atoms with van der Waals surface area (Å²) < 4.78 is 0. The smallest absolute Gasteiger partial charge is 0.328 e. The third-order valence-electron chi connectivity index (χ3n) is 3.64. The van der Waals surface area contributed by atoms with E-state index < -0.39 is 5.97 Å². The van der Waals surface area contributed by atoms with Gasteiger partial charge in [-0.1, -0.05) is 25.2 Å². The fourth-order valence-corrected chi connectivity index (χ4v) is 3.09. The first-order valence-electron chi connectivity index (χ1n) is 7.37. The molecule has 1 aromatic rings. The highest BCUT2D eigenvalue weighted by atomic mass is 32.1. The van der Waals surface area contributed by atoms with Gasteiger partial charge in [0.15, 0.2) is 5.78 Å². The van der Waals surface area contributed by atoms with Gasteiger partial charge in [0.1, 0.15) is 5.01 Å². The van der Waals surface area contributed by atoms with Crippen molar-refractivity contribution in [1.82, 2.24) is 4.98 Å². The second kappa shape index (κ2) is 7.83. The highest BCUT2D eigenvalue weighted by molar-refractivity contribution is 7.10. The van der Waals surface area contributed by atoms with Crippen LogP contribution in [0.15, 0.2) is 53.1 Å². The minimum absolute atomic E-state index is 0.0843. The van der Waals surface area contributed by atoms with Crippen molar-refractivity contribution in [2.24, 2.45) is 11.8 Å². The van der Waals surface area contributed by atoms with E-state index in [1.807, 2.05) is 30.5 Å². The number of carboxylic acids is 1. The van der Waals surface area contributed by atoms with Crippen LogP contribution >= 0.6 is 11.3 Å². The number of aromatic nitrogens is 1. The molecule has 0 radical (unpaired) electrons. The van der Waals surface area contributed by atoms with Crippen molar-refractivity contribution in [2.75, 3.05) is 0 Å². The number of hydrogen-bond donors (Lipinski definition) is 1. The van der Waals surface area contributed by atoms with Crippen molar-refractivity contribution in [1.29, 1.82) is 0 Å². The molecule has 0 fully saturated rings. The second-order valence-electron chi connectivity index (χ2n) is 5.61. The Morgan fingerprint density at radius 1 is 1.43 bits per heavy atom. The van der Waals surface area contributed by atoms with Crippen LogP contribution in [0.4, 0.5) is 0 Å². The van der Waals surface area contributed by atoms with E-state index >= 15 is 0 Å². The van der Waals surface area contributed by atoms with E-state index in [0.717, 1.165) is 10.6 Å². The number of rotatable bonds is 5. The van der Waals surface area contributed by atoms with Crippen LogP contribution < -0.4 is 0 Å². The van der Waals surface area contributed by atoms with Crippen LogP contribution in [0.2, 0.25) is 0 Å². The van der Waals surface area contributed by atoms with Gasteiger partial charge in [0.25, 0.3) is 0 Å². The Morgan fingerprint density at radius 3 is 2.87 bits per heavy atom. The Labute approximate surface area is 139 Å². The normalized spacial score (nSPS) is 22.8. The molecule has 1 N–H and O–H groups in total. The number of carbonyl (C=O) groups excluding carboxylic acids is 1. The van der Waals surface area contributed by atoms with E-state index in [9.17, 15) is 9.59 Å². The van der Waals surface area contributed by atoms with Crippen LogP contribution in [0, 0.1) is 11.8 Å². The quantitative estimate of drug-likeness (QED) is 0.657. The lowest BCUT2D eigenvalue weighted by molar-refractivity contribution is -0.131. The summed E-state index contributed by atoms with van der Waals surface area (Å²) in [6, 6.07) is 0. The molecule has 4 nitrogen and oxygen atoms in total. The molecule has 0 spiro atoms. The zero-order chi connectivity index (χ0) is 16.8. The molecule has 5 heteroatoms. The molecule has 0 bridgehead atoms. The molecule has 0 saturated heterocycles. The number of ketones is 1. The summed E-state index contributed by atoms with van der Waals surface area (Å²) in [5.41, 5.74) is 1.60. The summed E-state index contributed by atoms with van der Waals surface area (Å²) in [5.74, 6) is -0.574. The van der Waals surface area contributed by atoms with Gasteiger partial charge in [-0.25, -0.2) is 9.78 Å². The summed E-state index contributed by atoms with van der Waals surface area (Å²) >= 11 is 1.54. The maximum Gasteiger partial charge on any atom is 0.328 e. The van der Waals surface area contributed by atoms with Crippen LogP contribution in [0.3, 0.4) is 0 Å². The Balaban J connectivity index is 2.23. The predicted octanol–water partition coefficient (Wildman–Crippen LogP) is 3.89. The van der Waals surface area contributed by atoms with Gasteiger partial charge in [-0.3, -0.25) is 4.79 Å². The molecule has 2 atom stereocenters. The minimum Gasteiger partial charge on any atom is -0.478 e. The summed E-state index contributed by atoms with van der Waals surface area (Å²) in [6.07, 6.45) is 12.7. The minimum atomic E-state index is -0.960. The van der Waals surface area contributed by atoms with E-state index in [0.29, 0.717) is 12.0 Å². The standard InChI is InChI=1S/C18H19NO3S/c1-12(9-18(21)22)3-5-16-13(2)10-15(20)11-14(16)4-6-17-19-7-8-23-17/h3-9,11,13,16H,10H2,1-2H3,(H,21,22)/b5-3+,6-4+,12-9-. The van der Waals surface area contributed by atoms with Crippen molar-refractivity contribution in [3.05, 3.63) is 58.1 Å². The molecule has 120 valence electrons.